The van der Waals surface area contributed by atoms with E-state index < -0.39 is 0 Å². The Morgan fingerprint density at radius 2 is 2.36 bits per heavy atom. The van der Waals surface area contributed by atoms with Gasteiger partial charge < -0.3 is 0 Å². The third kappa shape index (κ3) is 2.66. The largest absolute Gasteiger partial charge is 0.273 e. The van der Waals surface area contributed by atoms with Gasteiger partial charge in [-0.1, -0.05) is 15.9 Å². The second-order valence-corrected chi connectivity index (χ2v) is 3.39. The van der Waals surface area contributed by atoms with Crippen LogP contribution in [0.25, 0.3) is 0 Å². The third-order valence-corrected chi connectivity index (χ3v) is 2.30. The van der Waals surface area contributed by atoms with E-state index in [1.165, 1.54) is 18.5 Å². The van der Waals surface area contributed by atoms with Crippen molar-refractivity contribution in [3.8, 4) is 0 Å². The summed E-state index contributed by atoms with van der Waals surface area (Å²) in [5, 5.41) is 5.20. The number of alkyl halides is 1. The Kier molecular flexibility index (Phi) is 3.63. The Morgan fingerprint density at radius 3 is 2.91 bits per heavy atom. The van der Waals surface area contributed by atoms with Gasteiger partial charge in [-0.15, -0.1) is 0 Å². The molecule has 1 heterocycles. The molecule has 0 unspecified atom stereocenters. The van der Waals surface area contributed by atoms with Crippen molar-refractivity contribution in [2.45, 2.75) is 19.3 Å². The van der Waals surface area contributed by atoms with Crippen molar-refractivity contribution in [3.63, 3.8) is 0 Å². The van der Waals surface area contributed by atoms with Gasteiger partial charge in [0.15, 0.2) is 0 Å². The Hall–Kier alpha value is -0.310. The van der Waals surface area contributed by atoms with Gasteiger partial charge in [0.05, 0.1) is 0 Å². The van der Waals surface area contributed by atoms with E-state index in [4.69, 9.17) is 0 Å². The maximum absolute atomic E-state index is 4.10. The molecule has 0 fully saturated rings. The Morgan fingerprint density at radius 1 is 1.55 bits per heavy atom. The zero-order valence-electron chi connectivity index (χ0n) is 6.76. The van der Waals surface area contributed by atoms with Gasteiger partial charge in [0, 0.05) is 24.3 Å². The molecule has 0 radical (unpaired) electrons. The molecule has 0 aliphatic heterocycles. The van der Waals surface area contributed by atoms with Crippen LogP contribution in [0.1, 0.15) is 18.5 Å². The van der Waals surface area contributed by atoms with Crippen molar-refractivity contribution in [1.29, 1.82) is 0 Å². The first-order valence-corrected chi connectivity index (χ1v) is 4.99. The van der Waals surface area contributed by atoms with Crippen LogP contribution in [0, 0.1) is 0 Å². The van der Waals surface area contributed by atoms with Crippen LogP contribution >= 0.6 is 15.9 Å². The summed E-state index contributed by atoms with van der Waals surface area (Å²) < 4.78 is 1.94. The Labute approximate surface area is 75.7 Å². The summed E-state index contributed by atoms with van der Waals surface area (Å²) in [6.07, 6.45) is 5.47. The fourth-order valence-electron chi connectivity index (χ4n) is 1.05. The van der Waals surface area contributed by atoms with Crippen molar-refractivity contribution in [3.05, 3.63) is 18.0 Å². The number of halogens is 1. The minimum absolute atomic E-state index is 1.10. The highest BCUT2D eigenvalue weighted by atomic mass is 79.9. The van der Waals surface area contributed by atoms with Crippen molar-refractivity contribution in [1.82, 2.24) is 9.78 Å². The molecule has 3 heteroatoms. The van der Waals surface area contributed by atoms with Crippen LogP contribution in [-0.2, 0) is 13.5 Å². The van der Waals surface area contributed by atoms with Crippen LogP contribution in [0.2, 0.25) is 0 Å². The van der Waals surface area contributed by atoms with E-state index in [1.54, 1.807) is 0 Å². The first kappa shape index (κ1) is 8.78. The van der Waals surface area contributed by atoms with E-state index in [1.807, 2.05) is 17.9 Å². The Balaban J connectivity index is 2.32. The molecule has 0 aliphatic rings. The molecule has 1 aromatic rings. The van der Waals surface area contributed by atoms with Gasteiger partial charge >= 0.3 is 0 Å². The standard InChI is InChI=1S/C8H13BrN2/c1-11-8(5-7-10-11)4-2-3-6-9/h5,7H,2-4,6H2,1H3. The lowest BCUT2D eigenvalue weighted by atomic mass is 10.2. The smallest absolute Gasteiger partial charge is 0.0492 e. The molecule has 11 heavy (non-hydrogen) atoms. The van der Waals surface area contributed by atoms with E-state index in [-0.39, 0.29) is 0 Å². The fourth-order valence-corrected chi connectivity index (χ4v) is 1.44. The molecule has 0 spiro atoms. The molecule has 0 atom stereocenters. The number of aromatic nitrogens is 2. The van der Waals surface area contributed by atoms with E-state index in [9.17, 15) is 0 Å². The molecule has 0 saturated heterocycles. The molecular formula is C8H13BrN2. The fraction of sp³-hybridized carbons (Fsp3) is 0.625. The summed E-state index contributed by atoms with van der Waals surface area (Å²) in [5.74, 6) is 0. The summed E-state index contributed by atoms with van der Waals surface area (Å²) >= 11 is 3.41. The van der Waals surface area contributed by atoms with Gasteiger partial charge in [-0.05, 0) is 25.3 Å². The minimum atomic E-state index is 1.10. The van der Waals surface area contributed by atoms with Crippen molar-refractivity contribution >= 4 is 15.9 Å². The zero-order chi connectivity index (χ0) is 8.10. The lowest BCUT2D eigenvalue weighted by Gasteiger charge is -1.99. The summed E-state index contributed by atoms with van der Waals surface area (Å²) in [6.45, 7) is 0. The van der Waals surface area contributed by atoms with Gasteiger partial charge in [-0.2, -0.15) is 5.10 Å². The van der Waals surface area contributed by atoms with Gasteiger partial charge in [-0.3, -0.25) is 4.68 Å². The molecule has 62 valence electrons. The van der Waals surface area contributed by atoms with Crippen molar-refractivity contribution in [2.75, 3.05) is 5.33 Å². The second-order valence-electron chi connectivity index (χ2n) is 2.59. The van der Waals surface area contributed by atoms with E-state index in [0.717, 1.165) is 11.8 Å². The number of aryl methyl sites for hydroxylation is 2. The quantitative estimate of drug-likeness (QED) is 0.558. The summed E-state index contributed by atoms with van der Waals surface area (Å²) in [6, 6.07) is 2.08. The third-order valence-electron chi connectivity index (χ3n) is 1.74. The van der Waals surface area contributed by atoms with E-state index in [2.05, 4.69) is 27.1 Å². The summed E-state index contributed by atoms with van der Waals surface area (Å²) in [4.78, 5) is 0. The van der Waals surface area contributed by atoms with Crippen LogP contribution in [0.4, 0.5) is 0 Å². The highest BCUT2D eigenvalue weighted by Gasteiger charge is 1.96. The topological polar surface area (TPSA) is 17.8 Å². The van der Waals surface area contributed by atoms with E-state index in [0.29, 0.717) is 0 Å². The second kappa shape index (κ2) is 4.54. The van der Waals surface area contributed by atoms with Crippen LogP contribution in [0.3, 0.4) is 0 Å². The van der Waals surface area contributed by atoms with Crippen LogP contribution in [-0.4, -0.2) is 15.1 Å². The first-order valence-electron chi connectivity index (χ1n) is 3.87. The number of unbranched alkanes of at least 4 members (excludes halogenated alkanes) is 1. The summed E-state index contributed by atoms with van der Waals surface area (Å²) in [7, 11) is 1.99. The minimum Gasteiger partial charge on any atom is -0.273 e. The maximum atomic E-state index is 4.10. The zero-order valence-corrected chi connectivity index (χ0v) is 8.34. The average Bonchev–Trinajstić information content (AvgIpc) is 2.37. The lowest BCUT2D eigenvalue weighted by Crippen LogP contribution is -1.97. The molecule has 0 saturated carbocycles. The molecule has 1 rings (SSSR count). The molecule has 0 amide bonds. The van der Waals surface area contributed by atoms with Crippen LogP contribution in [0.15, 0.2) is 12.3 Å². The normalized spacial score (nSPS) is 10.4. The average molecular weight is 217 g/mol. The van der Waals surface area contributed by atoms with Crippen LogP contribution < -0.4 is 0 Å². The molecule has 0 aliphatic carbocycles. The molecule has 1 aromatic heterocycles. The molecule has 2 nitrogen and oxygen atoms in total. The predicted molar refractivity (Wildman–Crippen MR) is 49.9 cm³/mol. The van der Waals surface area contributed by atoms with Gasteiger partial charge in [0.2, 0.25) is 0 Å². The first-order chi connectivity index (χ1) is 5.34. The lowest BCUT2D eigenvalue weighted by molar-refractivity contribution is 0.679. The highest BCUT2D eigenvalue weighted by molar-refractivity contribution is 9.09. The number of hydrogen-bond acceptors (Lipinski definition) is 1. The van der Waals surface area contributed by atoms with Crippen LogP contribution in [0.5, 0.6) is 0 Å². The SMILES string of the molecule is Cn1nccc1CCCCBr. The van der Waals surface area contributed by atoms with Gasteiger partial charge in [-0.25, -0.2) is 0 Å². The van der Waals surface area contributed by atoms with Crippen molar-refractivity contribution in [2.24, 2.45) is 7.05 Å². The predicted octanol–water partition coefficient (Wildman–Crippen LogP) is 2.14. The van der Waals surface area contributed by atoms with Gasteiger partial charge in [0.1, 0.15) is 0 Å². The van der Waals surface area contributed by atoms with E-state index >= 15 is 0 Å². The van der Waals surface area contributed by atoms with Crippen molar-refractivity contribution < 1.29 is 0 Å². The summed E-state index contributed by atoms with van der Waals surface area (Å²) in [5.41, 5.74) is 1.32. The highest BCUT2D eigenvalue weighted by Crippen LogP contribution is 2.03. The maximum Gasteiger partial charge on any atom is 0.0492 e. The number of hydrogen-bond donors (Lipinski definition) is 0. The van der Waals surface area contributed by atoms with Gasteiger partial charge in [0.25, 0.3) is 0 Å². The monoisotopic (exact) mass is 216 g/mol. The molecule has 0 bridgehead atoms. The number of rotatable bonds is 4. The molecule has 0 N–H and O–H groups in total. The number of nitrogens with zero attached hydrogens (tertiary/aromatic N) is 2. The molecular weight excluding hydrogens is 204 g/mol. The molecule has 0 aromatic carbocycles. The Bertz CT molecular complexity index is 208.